The number of halogens is 1. The van der Waals surface area contributed by atoms with Crippen LogP contribution in [-0.2, 0) is 4.79 Å². The number of carbonyl (C=O) groups is 1. The van der Waals surface area contributed by atoms with Gasteiger partial charge in [0.25, 0.3) is 0 Å². The molecule has 1 N–H and O–H groups in total. The van der Waals surface area contributed by atoms with Crippen LogP contribution in [0.15, 0.2) is 24.3 Å². The highest BCUT2D eigenvalue weighted by atomic mass is 35.5. The second kappa shape index (κ2) is 7.27. The maximum Gasteiger partial charge on any atom is 0.310 e. The lowest BCUT2D eigenvalue weighted by molar-refractivity contribution is -0.139. The van der Waals surface area contributed by atoms with E-state index in [1.807, 2.05) is 6.92 Å². The zero-order chi connectivity index (χ0) is 13.5. The second-order valence-electron chi connectivity index (χ2n) is 4.25. The van der Waals surface area contributed by atoms with Crippen LogP contribution in [0.5, 0.6) is 5.75 Å². The molecule has 0 bridgehead atoms. The zero-order valence-corrected chi connectivity index (χ0v) is 11.5. The molecule has 18 heavy (non-hydrogen) atoms. The predicted octanol–water partition coefficient (Wildman–Crippen LogP) is 3.66. The highest BCUT2D eigenvalue weighted by molar-refractivity contribution is 6.20. The van der Waals surface area contributed by atoms with Gasteiger partial charge in [0.1, 0.15) is 5.75 Å². The number of aliphatic carboxylic acids is 1. The van der Waals surface area contributed by atoms with Crippen LogP contribution in [0.4, 0.5) is 0 Å². The molecular formula is C14H19ClO3. The van der Waals surface area contributed by atoms with Gasteiger partial charge in [0.05, 0.1) is 13.0 Å². The van der Waals surface area contributed by atoms with E-state index in [4.69, 9.17) is 16.3 Å². The van der Waals surface area contributed by atoms with Gasteiger partial charge in [-0.05, 0) is 37.0 Å². The number of carboxylic acid groups (broad SMARTS) is 1. The first-order valence-corrected chi connectivity index (χ1v) is 6.53. The molecule has 100 valence electrons. The Morgan fingerprint density at radius 1 is 1.33 bits per heavy atom. The van der Waals surface area contributed by atoms with Gasteiger partial charge >= 0.3 is 5.97 Å². The van der Waals surface area contributed by atoms with Gasteiger partial charge in [0.15, 0.2) is 0 Å². The van der Waals surface area contributed by atoms with Crippen molar-refractivity contribution in [1.82, 2.24) is 0 Å². The molecule has 0 heterocycles. The summed E-state index contributed by atoms with van der Waals surface area (Å²) in [6.45, 7) is 2.00. The summed E-state index contributed by atoms with van der Waals surface area (Å²) in [5.41, 5.74) is 0.795. The normalized spacial score (nSPS) is 13.9. The monoisotopic (exact) mass is 270 g/mol. The van der Waals surface area contributed by atoms with Gasteiger partial charge in [0.2, 0.25) is 0 Å². The van der Waals surface area contributed by atoms with Gasteiger partial charge in [-0.1, -0.05) is 19.1 Å². The Kier molecular flexibility index (Phi) is 5.99. The number of alkyl halides is 1. The number of benzene rings is 1. The summed E-state index contributed by atoms with van der Waals surface area (Å²) in [5.74, 6) is -0.574. The van der Waals surface area contributed by atoms with Crippen molar-refractivity contribution in [1.29, 1.82) is 0 Å². The predicted molar refractivity (Wildman–Crippen MR) is 72.5 cm³/mol. The minimum atomic E-state index is -0.805. The van der Waals surface area contributed by atoms with E-state index in [0.29, 0.717) is 12.8 Å². The van der Waals surface area contributed by atoms with Crippen LogP contribution >= 0.6 is 11.6 Å². The summed E-state index contributed by atoms with van der Waals surface area (Å²) in [4.78, 5) is 11.3. The standard InChI is InChI=1S/C14H19ClO3/c1-3-11(15)6-9-13(14(16)17)10-4-7-12(18-2)8-5-10/h4-5,7-8,11,13H,3,6,9H2,1-2H3,(H,16,17). The van der Waals surface area contributed by atoms with Crippen LogP contribution in [0.1, 0.15) is 37.7 Å². The molecule has 0 aliphatic heterocycles. The van der Waals surface area contributed by atoms with Gasteiger partial charge in [-0.25, -0.2) is 0 Å². The first-order chi connectivity index (χ1) is 8.58. The molecule has 0 amide bonds. The van der Waals surface area contributed by atoms with Crippen LogP contribution < -0.4 is 4.74 Å². The Bertz CT molecular complexity index is 375. The fourth-order valence-corrected chi connectivity index (χ4v) is 1.95. The van der Waals surface area contributed by atoms with E-state index >= 15 is 0 Å². The number of hydrogen-bond acceptors (Lipinski definition) is 2. The van der Waals surface area contributed by atoms with E-state index in [2.05, 4.69) is 0 Å². The molecule has 0 saturated carbocycles. The number of hydrogen-bond donors (Lipinski definition) is 1. The molecule has 0 radical (unpaired) electrons. The number of methoxy groups -OCH3 is 1. The van der Waals surface area contributed by atoms with Crippen molar-refractivity contribution in [2.24, 2.45) is 0 Å². The maximum atomic E-state index is 11.3. The molecule has 0 aliphatic carbocycles. The topological polar surface area (TPSA) is 46.5 Å². The maximum absolute atomic E-state index is 11.3. The Morgan fingerprint density at radius 3 is 2.39 bits per heavy atom. The van der Waals surface area contributed by atoms with E-state index in [1.165, 1.54) is 0 Å². The minimum Gasteiger partial charge on any atom is -0.497 e. The molecule has 4 heteroatoms. The van der Waals surface area contributed by atoms with Gasteiger partial charge in [-0.15, -0.1) is 11.6 Å². The molecule has 1 rings (SSSR count). The number of carboxylic acids is 1. The minimum absolute atomic E-state index is 0.0464. The van der Waals surface area contributed by atoms with Crippen LogP contribution in [0, 0.1) is 0 Å². The summed E-state index contributed by atoms with van der Waals surface area (Å²) >= 11 is 6.04. The molecule has 0 fully saturated rings. The molecule has 0 aromatic heterocycles. The summed E-state index contributed by atoms with van der Waals surface area (Å²) in [6.07, 6.45) is 2.13. The van der Waals surface area contributed by atoms with E-state index < -0.39 is 11.9 Å². The van der Waals surface area contributed by atoms with E-state index in [1.54, 1.807) is 31.4 Å². The Morgan fingerprint density at radius 2 is 1.94 bits per heavy atom. The van der Waals surface area contributed by atoms with Crippen LogP contribution in [0.2, 0.25) is 0 Å². The van der Waals surface area contributed by atoms with Crippen molar-refractivity contribution in [3.63, 3.8) is 0 Å². The highest BCUT2D eigenvalue weighted by Crippen LogP contribution is 2.26. The van der Waals surface area contributed by atoms with E-state index in [0.717, 1.165) is 17.7 Å². The summed E-state index contributed by atoms with van der Waals surface area (Å²) in [5, 5.41) is 9.31. The Balaban J connectivity index is 2.74. The summed E-state index contributed by atoms with van der Waals surface area (Å²) in [7, 11) is 1.59. The largest absolute Gasteiger partial charge is 0.497 e. The van der Waals surface area contributed by atoms with Crippen molar-refractivity contribution < 1.29 is 14.6 Å². The molecule has 1 aromatic carbocycles. The third-order valence-electron chi connectivity index (χ3n) is 3.03. The Hall–Kier alpha value is -1.22. The molecule has 2 atom stereocenters. The van der Waals surface area contributed by atoms with Crippen molar-refractivity contribution >= 4 is 17.6 Å². The van der Waals surface area contributed by atoms with Crippen LogP contribution in [-0.4, -0.2) is 23.6 Å². The lowest BCUT2D eigenvalue weighted by Gasteiger charge is -2.14. The fraction of sp³-hybridized carbons (Fsp3) is 0.500. The Labute approximate surface area is 113 Å². The van der Waals surface area contributed by atoms with Crippen molar-refractivity contribution in [2.75, 3.05) is 7.11 Å². The molecule has 2 unspecified atom stereocenters. The van der Waals surface area contributed by atoms with Crippen LogP contribution in [0.3, 0.4) is 0 Å². The third-order valence-corrected chi connectivity index (χ3v) is 3.55. The van der Waals surface area contributed by atoms with E-state index in [9.17, 15) is 9.90 Å². The van der Waals surface area contributed by atoms with Crippen molar-refractivity contribution in [3.8, 4) is 5.75 Å². The molecule has 1 aromatic rings. The fourth-order valence-electron chi connectivity index (χ4n) is 1.82. The molecular weight excluding hydrogens is 252 g/mol. The highest BCUT2D eigenvalue weighted by Gasteiger charge is 2.20. The average Bonchev–Trinajstić information content (AvgIpc) is 2.39. The first kappa shape index (κ1) is 14.8. The lowest BCUT2D eigenvalue weighted by atomic mass is 9.93. The van der Waals surface area contributed by atoms with Crippen LogP contribution in [0.25, 0.3) is 0 Å². The first-order valence-electron chi connectivity index (χ1n) is 6.09. The van der Waals surface area contributed by atoms with Gasteiger partial charge in [-0.3, -0.25) is 4.79 Å². The summed E-state index contributed by atoms with van der Waals surface area (Å²) in [6, 6.07) is 7.16. The third kappa shape index (κ3) is 4.22. The average molecular weight is 271 g/mol. The molecule has 0 saturated heterocycles. The van der Waals surface area contributed by atoms with E-state index in [-0.39, 0.29) is 5.38 Å². The molecule has 0 spiro atoms. The second-order valence-corrected chi connectivity index (χ2v) is 4.86. The lowest BCUT2D eigenvalue weighted by Crippen LogP contribution is -2.13. The van der Waals surface area contributed by atoms with Gasteiger partial charge < -0.3 is 9.84 Å². The SMILES string of the molecule is CCC(Cl)CCC(C(=O)O)c1ccc(OC)cc1. The summed E-state index contributed by atoms with van der Waals surface area (Å²) < 4.78 is 5.06. The number of rotatable bonds is 7. The van der Waals surface area contributed by atoms with Crippen molar-refractivity contribution in [2.45, 2.75) is 37.5 Å². The number of ether oxygens (including phenoxy) is 1. The molecule has 0 aliphatic rings. The molecule has 3 nitrogen and oxygen atoms in total. The van der Waals surface area contributed by atoms with Gasteiger partial charge in [-0.2, -0.15) is 0 Å². The quantitative estimate of drug-likeness (QED) is 0.769. The van der Waals surface area contributed by atoms with Gasteiger partial charge in [0, 0.05) is 5.38 Å². The van der Waals surface area contributed by atoms with Crippen molar-refractivity contribution in [3.05, 3.63) is 29.8 Å². The zero-order valence-electron chi connectivity index (χ0n) is 10.7. The smallest absolute Gasteiger partial charge is 0.310 e.